The number of aromatic hydroxyl groups is 1. The van der Waals surface area contributed by atoms with Crippen LogP contribution in [-0.4, -0.2) is 21.1 Å². The topological polar surface area (TPSA) is 90.0 Å². The number of rotatable bonds is 5. The molecule has 5 rings (SSSR count). The molecule has 0 spiro atoms. The van der Waals surface area contributed by atoms with Crippen LogP contribution in [0.3, 0.4) is 0 Å². The van der Waals surface area contributed by atoms with Gasteiger partial charge in [-0.2, -0.15) is 0 Å². The second-order valence-corrected chi connectivity index (χ2v) is 7.87. The predicted molar refractivity (Wildman–Crippen MR) is 131 cm³/mol. The molecule has 0 atom stereocenters. The molecule has 0 aliphatic rings. The van der Waals surface area contributed by atoms with Gasteiger partial charge in [0, 0.05) is 46.7 Å². The number of urea groups is 1. The molecule has 0 unspecified atom stereocenters. The fraction of sp³-hybridized carbons (Fsp3) is 0.0370. The van der Waals surface area contributed by atoms with Gasteiger partial charge in [0.25, 0.3) is 0 Å². The van der Waals surface area contributed by atoms with E-state index in [1.807, 2.05) is 54.6 Å². The molecule has 0 saturated heterocycles. The Morgan fingerprint density at radius 1 is 0.971 bits per heavy atom. The zero-order valence-corrected chi connectivity index (χ0v) is 18.0. The van der Waals surface area contributed by atoms with E-state index in [4.69, 9.17) is 0 Å². The van der Waals surface area contributed by atoms with Gasteiger partial charge in [-0.05, 0) is 53.6 Å². The number of carbonyl (C=O) groups is 1. The number of amides is 2. The van der Waals surface area contributed by atoms with Crippen LogP contribution in [0, 0.1) is 5.82 Å². The molecule has 34 heavy (non-hydrogen) atoms. The number of carbonyl (C=O) groups excluding carboxylic acids is 1. The summed E-state index contributed by atoms with van der Waals surface area (Å²) in [4.78, 5) is 19.7. The third-order valence-corrected chi connectivity index (χ3v) is 5.52. The van der Waals surface area contributed by atoms with Crippen LogP contribution in [-0.2, 0) is 6.54 Å². The van der Waals surface area contributed by atoms with Crippen molar-refractivity contribution in [3.8, 4) is 28.1 Å². The molecule has 0 radical (unpaired) electrons. The summed E-state index contributed by atoms with van der Waals surface area (Å²) >= 11 is 0. The predicted octanol–water partition coefficient (Wildman–Crippen LogP) is 6.06. The normalized spacial score (nSPS) is 10.9. The molecule has 2 aromatic heterocycles. The van der Waals surface area contributed by atoms with Gasteiger partial charge in [-0.3, -0.25) is 4.98 Å². The van der Waals surface area contributed by atoms with Gasteiger partial charge in [0.15, 0.2) is 0 Å². The summed E-state index contributed by atoms with van der Waals surface area (Å²) < 4.78 is 13.3. The van der Waals surface area contributed by atoms with Crippen molar-refractivity contribution in [2.45, 2.75) is 6.54 Å². The van der Waals surface area contributed by atoms with Gasteiger partial charge >= 0.3 is 6.03 Å². The average molecular weight is 452 g/mol. The van der Waals surface area contributed by atoms with Gasteiger partial charge in [-0.15, -0.1) is 0 Å². The highest BCUT2D eigenvalue weighted by atomic mass is 19.1. The number of H-pyrrole nitrogens is 1. The average Bonchev–Trinajstić information content (AvgIpc) is 3.27. The van der Waals surface area contributed by atoms with Crippen LogP contribution in [0.4, 0.5) is 14.9 Å². The Balaban J connectivity index is 1.35. The van der Waals surface area contributed by atoms with Crippen molar-refractivity contribution in [2.24, 2.45) is 0 Å². The highest BCUT2D eigenvalue weighted by Gasteiger charge is 2.13. The summed E-state index contributed by atoms with van der Waals surface area (Å²) in [6.07, 6.45) is 3.49. The summed E-state index contributed by atoms with van der Waals surface area (Å²) in [6, 6.07) is 22.3. The minimum absolute atomic E-state index is 0.163. The second-order valence-electron chi connectivity index (χ2n) is 7.87. The number of para-hydroxylation sites is 1. The van der Waals surface area contributed by atoms with E-state index in [0.717, 1.165) is 27.7 Å². The van der Waals surface area contributed by atoms with Crippen molar-refractivity contribution >= 4 is 22.6 Å². The molecule has 0 bridgehead atoms. The standard InChI is InChI=1S/C27H21FN4O2/c28-20-6-2-7-21(14-20)31-27(34)30-15-17-4-1-5-18(12-17)22-8-3-9-23(26(22)33)25-13-19-16-29-11-10-24(19)32-25/h1-14,16,32-33H,15H2,(H2,30,31,34). The minimum atomic E-state index is -0.436. The number of pyridine rings is 1. The van der Waals surface area contributed by atoms with E-state index in [2.05, 4.69) is 20.6 Å². The third-order valence-electron chi connectivity index (χ3n) is 5.52. The smallest absolute Gasteiger partial charge is 0.319 e. The first-order valence-electron chi connectivity index (χ1n) is 10.7. The van der Waals surface area contributed by atoms with Gasteiger partial charge in [-0.1, -0.05) is 36.4 Å². The molecule has 7 heteroatoms. The lowest BCUT2D eigenvalue weighted by atomic mass is 9.98. The minimum Gasteiger partial charge on any atom is -0.507 e. The first-order chi connectivity index (χ1) is 16.6. The molecule has 0 fully saturated rings. The van der Waals surface area contributed by atoms with Crippen molar-refractivity contribution in [3.63, 3.8) is 0 Å². The zero-order chi connectivity index (χ0) is 23.5. The van der Waals surface area contributed by atoms with Gasteiger partial charge in [0.1, 0.15) is 11.6 Å². The molecule has 3 aromatic carbocycles. The second kappa shape index (κ2) is 9.07. The van der Waals surface area contributed by atoms with Gasteiger partial charge in [-0.25, -0.2) is 9.18 Å². The van der Waals surface area contributed by atoms with Crippen molar-refractivity contribution in [1.82, 2.24) is 15.3 Å². The highest BCUT2D eigenvalue weighted by Crippen LogP contribution is 2.38. The molecule has 2 amide bonds. The number of halogens is 1. The number of phenolic OH excluding ortho intramolecular Hbond substituents is 1. The highest BCUT2D eigenvalue weighted by molar-refractivity contribution is 5.90. The molecule has 4 N–H and O–H groups in total. The van der Waals surface area contributed by atoms with E-state index >= 15 is 0 Å². The molecular formula is C27H21FN4O2. The number of nitrogens with one attached hydrogen (secondary N) is 3. The Kier molecular flexibility index (Phi) is 5.66. The maximum atomic E-state index is 13.3. The summed E-state index contributed by atoms with van der Waals surface area (Å²) in [7, 11) is 0. The van der Waals surface area contributed by atoms with Gasteiger partial charge in [0.2, 0.25) is 0 Å². The lowest BCUT2D eigenvalue weighted by molar-refractivity contribution is 0.251. The summed E-state index contributed by atoms with van der Waals surface area (Å²) in [6.45, 7) is 0.268. The lowest BCUT2D eigenvalue weighted by Crippen LogP contribution is -2.28. The third kappa shape index (κ3) is 4.45. The molecule has 0 saturated carbocycles. The first-order valence-corrected chi connectivity index (χ1v) is 10.7. The van der Waals surface area contributed by atoms with E-state index in [0.29, 0.717) is 16.8 Å². The van der Waals surface area contributed by atoms with E-state index in [9.17, 15) is 14.3 Å². The number of benzene rings is 3. The fourth-order valence-corrected chi connectivity index (χ4v) is 3.88. The number of phenols is 1. The maximum Gasteiger partial charge on any atom is 0.319 e. The largest absolute Gasteiger partial charge is 0.507 e. The summed E-state index contributed by atoms with van der Waals surface area (Å²) in [5, 5.41) is 17.4. The number of nitrogens with zero attached hydrogens (tertiary/aromatic N) is 1. The molecule has 168 valence electrons. The van der Waals surface area contributed by atoms with Crippen LogP contribution in [0.2, 0.25) is 0 Å². The molecule has 0 aliphatic carbocycles. The number of aromatic nitrogens is 2. The molecule has 0 aliphatic heterocycles. The van der Waals surface area contributed by atoms with Crippen LogP contribution >= 0.6 is 0 Å². The summed E-state index contributed by atoms with van der Waals surface area (Å²) in [5.74, 6) is -0.257. The number of hydrogen-bond donors (Lipinski definition) is 4. The van der Waals surface area contributed by atoms with Crippen molar-refractivity contribution in [1.29, 1.82) is 0 Å². The molecule has 6 nitrogen and oxygen atoms in total. The van der Waals surface area contributed by atoms with E-state index in [-0.39, 0.29) is 12.3 Å². The van der Waals surface area contributed by atoms with Crippen LogP contribution in [0.5, 0.6) is 5.75 Å². The fourth-order valence-electron chi connectivity index (χ4n) is 3.88. The SMILES string of the molecule is O=C(NCc1cccc(-c2cccc(-c3cc4cnccc4[nH]3)c2O)c1)Nc1cccc(F)c1. The van der Waals surface area contributed by atoms with Gasteiger partial charge in [0.05, 0.1) is 5.69 Å². The Morgan fingerprint density at radius 2 is 1.79 bits per heavy atom. The van der Waals surface area contributed by atoms with Crippen LogP contribution in [0.25, 0.3) is 33.3 Å². The van der Waals surface area contributed by atoms with Crippen LogP contribution in [0.15, 0.2) is 91.3 Å². The number of anilines is 1. The molecule has 2 heterocycles. The van der Waals surface area contributed by atoms with Gasteiger partial charge < -0.3 is 20.7 Å². The van der Waals surface area contributed by atoms with Crippen molar-refractivity contribution in [3.05, 3.63) is 103 Å². The lowest BCUT2D eigenvalue weighted by Gasteiger charge is -2.12. The quantitative estimate of drug-likeness (QED) is 0.261. The first kappa shape index (κ1) is 21.2. The molecular weight excluding hydrogens is 431 g/mol. The Morgan fingerprint density at radius 3 is 2.65 bits per heavy atom. The summed E-state index contributed by atoms with van der Waals surface area (Å²) in [5.41, 5.74) is 5.16. The van der Waals surface area contributed by atoms with Crippen molar-refractivity contribution in [2.75, 3.05) is 5.32 Å². The Bertz CT molecular complexity index is 1460. The maximum absolute atomic E-state index is 13.3. The van der Waals surface area contributed by atoms with Crippen LogP contribution in [0.1, 0.15) is 5.56 Å². The van der Waals surface area contributed by atoms with E-state index in [1.54, 1.807) is 18.5 Å². The van der Waals surface area contributed by atoms with Crippen molar-refractivity contribution < 1.29 is 14.3 Å². The number of hydrogen-bond acceptors (Lipinski definition) is 3. The molecule has 5 aromatic rings. The monoisotopic (exact) mass is 452 g/mol. The van der Waals surface area contributed by atoms with E-state index in [1.165, 1.54) is 18.2 Å². The Hall–Kier alpha value is -4.65. The van der Waals surface area contributed by atoms with E-state index < -0.39 is 11.8 Å². The number of fused-ring (bicyclic) bond motifs is 1. The number of aromatic amines is 1. The zero-order valence-electron chi connectivity index (χ0n) is 18.0. The van der Waals surface area contributed by atoms with Crippen LogP contribution < -0.4 is 10.6 Å². The Labute approximate surface area is 195 Å².